The number of amides is 1. The van der Waals surface area contributed by atoms with Crippen molar-refractivity contribution < 1.29 is 4.79 Å². The number of nitriles is 1. The maximum atomic E-state index is 12.4. The minimum absolute atomic E-state index is 0.0263. The molecule has 2 rings (SSSR count). The second-order valence-electron chi connectivity index (χ2n) is 4.61. The average Bonchev–Trinajstić information content (AvgIpc) is 3.17. The third kappa shape index (κ3) is 3.58. The highest BCUT2D eigenvalue weighted by Gasteiger charge is 2.27. The first-order valence-electron chi connectivity index (χ1n) is 6.12. The zero-order valence-corrected chi connectivity index (χ0v) is 11.7. The normalized spacial score (nSPS) is 14.0. The van der Waals surface area contributed by atoms with E-state index in [2.05, 4.69) is 22.0 Å². The van der Waals surface area contributed by atoms with E-state index in [0.29, 0.717) is 24.4 Å². The van der Waals surface area contributed by atoms with Gasteiger partial charge in [0.1, 0.15) is 0 Å². The lowest BCUT2D eigenvalue weighted by Gasteiger charge is -2.21. The summed E-state index contributed by atoms with van der Waals surface area (Å²) in [6.07, 6.45) is 2.80. The molecule has 94 valence electrons. The number of benzene rings is 1. The summed E-state index contributed by atoms with van der Waals surface area (Å²) in [6, 6.07) is 9.51. The van der Waals surface area contributed by atoms with Crippen LogP contribution < -0.4 is 0 Å². The van der Waals surface area contributed by atoms with Crippen molar-refractivity contribution in [1.29, 1.82) is 5.26 Å². The van der Waals surface area contributed by atoms with E-state index < -0.39 is 0 Å². The molecule has 0 saturated heterocycles. The van der Waals surface area contributed by atoms with Gasteiger partial charge in [-0.25, -0.2) is 0 Å². The minimum Gasteiger partial charge on any atom is -0.337 e. The Balaban J connectivity index is 2.08. The van der Waals surface area contributed by atoms with Gasteiger partial charge >= 0.3 is 0 Å². The van der Waals surface area contributed by atoms with E-state index in [-0.39, 0.29) is 5.91 Å². The van der Waals surface area contributed by atoms with Crippen molar-refractivity contribution in [3.8, 4) is 6.07 Å². The van der Waals surface area contributed by atoms with Crippen LogP contribution in [-0.4, -0.2) is 23.9 Å². The molecule has 1 fully saturated rings. The van der Waals surface area contributed by atoms with Crippen molar-refractivity contribution in [3.05, 3.63) is 34.3 Å². The number of carbonyl (C=O) groups is 1. The Bertz CT molecular complexity index is 477. The molecule has 1 saturated carbocycles. The summed E-state index contributed by atoms with van der Waals surface area (Å²) >= 11 is 3.37. The van der Waals surface area contributed by atoms with E-state index in [9.17, 15) is 4.79 Å². The number of hydrogen-bond donors (Lipinski definition) is 0. The Labute approximate surface area is 116 Å². The average molecular weight is 307 g/mol. The molecular formula is C14H15BrN2O. The largest absolute Gasteiger partial charge is 0.337 e. The van der Waals surface area contributed by atoms with E-state index in [1.54, 1.807) is 0 Å². The van der Waals surface area contributed by atoms with E-state index in [1.807, 2.05) is 29.2 Å². The van der Waals surface area contributed by atoms with Crippen molar-refractivity contribution in [1.82, 2.24) is 4.90 Å². The van der Waals surface area contributed by atoms with Crippen molar-refractivity contribution in [3.63, 3.8) is 0 Å². The Morgan fingerprint density at radius 1 is 1.50 bits per heavy atom. The van der Waals surface area contributed by atoms with Gasteiger partial charge in [-0.3, -0.25) is 4.79 Å². The van der Waals surface area contributed by atoms with Crippen LogP contribution >= 0.6 is 15.9 Å². The van der Waals surface area contributed by atoms with Crippen LogP contribution in [0.1, 0.15) is 29.6 Å². The molecule has 0 spiro atoms. The van der Waals surface area contributed by atoms with Crippen LogP contribution in [0.2, 0.25) is 0 Å². The molecular weight excluding hydrogens is 292 g/mol. The molecule has 1 aliphatic rings. The molecule has 1 aromatic carbocycles. The van der Waals surface area contributed by atoms with Crippen LogP contribution in [0.4, 0.5) is 0 Å². The summed E-state index contributed by atoms with van der Waals surface area (Å²) < 4.78 is 0.903. The molecule has 0 bridgehead atoms. The summed E-state index contributed by atoms with van der Waals surface area (Å²) in [5.74, 6) is 0.665. The molecule has 1 aliphatic carbocycles. The second kappa shape index (κ2) is 6.01. The third-order valence-electron chi connectivity index (χ3n) is 3.03. The number of halogens is 1. The number of nitrogens with zero attached hydrogens (tertiary/aromatic N) is 2. The lowest BCUT2D eigenvalue weighted by molar-refractivity contribution is 0.0751. The van der Waals surface area contributed by atoms with Gasteiger partial charge < -0.3 is 4.90 Å². The van der Waals surface area contributed by atoms with Crippen LogP contribution in [0.5, 0.6) is 0 Å². The van der Waals surface area contributed by atoms with Gasteiger partial charge in [-0.05, 0) is 37.0 Å². The lowest BCUT2D eigenvalue weighted by atomic mass is 10.2. The molecule has 18 heavy (non-hydrogen) atoms. The van der Waals surface area contributed by atoms with E-state index in [4.69, 9.17) is 5.26 Å². The van der Waals surface area contributed by atoms with Gasteiger partial charge in [0.15, 0.2) is 0 Å². The minimum atomic E-state index is 0.0263. The summed E-state index contributed by atoms with van der Waals surface area (Å²) in [7, 11) is 0. The first-order valence-corrected chi connectivity index (χ1v) is 6.92. The summed E-state index contributed by atoms with van der Waals surface area (Å²) in [6.45, 7) is 1.31. The van der Waals surface area contributed by atoms with Gasteiger partial charge in [0.2, 0.25) is 0 Å². The monoisotopic (exact) mass is 306 g/mol. The fourth-order valence-electron chi connectivity index (χ4n) is 1.88. The Morgan fingerprint density at radius 3 is 2.89 bits per heavy atom. The fraction of sp³-hybridized carbons (Fsp3) is 0.429. The molecule has 3 nitrogen and oxygen atoms in total. The second-order valence-corrected chi connectivity index (χ2v) is 5.53. The molecule has 0 aromatic heterocycles. The van der Waals surface area contributed by atoms with Crippen molar-refractivity contribution in [2.45, 2.75) is 19.3 Å². The van der Waals surface area contributed by atoms with E-state index >= 15 is 0 Å². The molecule has 0 aliphatic heterocycles. The Morgan fingerprint density at radius 2 is 2.28 bits per heavy atom. The highest BCUT2D eigenvalue weighted by atomic mass is 79.9. The van der Waals surface area contributed by atoms with Gasteiger partial charge in [-0.15, -0.1) is 0 Å². The van der Waals surface area contributed by atoms with Gasteiger partial charge in [0, 0.05) is 23.1 Å². The maximum absolute atomic E-state index is 12.4. The van der Waals surface area contributed by atoms with E-state index in [0.717, 1.165) is 11.0 Å². The van der Waals surface area contributed by atoms with Gasteiger partial charge in [0.05, 0.1) is 12.5 Å². The predicted octanol–water partition coefficient (Wildman–Crippen LogP) is 3.21. The summed E-state index contributed by atoms with van der Waals surface area (Å²) in [5, 5.41) is 8.67. The van der Waals surface area contributed by atoms with Crippen LogP contribution in [0, 0.1) is 17.2 Å². The summed E-state index contributed by atoms with van der Waals surface area (Å²) in [5.41, 5.74) is 0.683. The topological polar surface area (TPSA) is 44.1 Å². The number of rotatable bonds is 5. The molecule has 1 aromatic rings. The zero-order chi connectivity index (χ0) is 13.0. The van der Waals surface area contributed by atoms with E-state index in [1.165, 1.54) is 12.8 Å². The molecule has 0 N–H and O–H groups in total. The number of carbonyl (C=O) groups excluding carboxylic acids is 1. The quantitative estimate of drug-likeness (QED) is 0.838. The predicted molar refractivity (Wildman–Crippen MR) is 73.0 cm³/mol. The van der Waals surface area contributed by atoms with Crippen LogP contribution in [0.15, 0.2) is 28.7 Å². The SMILES string of the molecule is N#CCCN(CC1CC1)C(=O)c1cccc(Br)c1. The Hall–Kier alpha value is -1.34. The molecule has 1 amide bonds. The highest BCUT2D eigenvalue weighted by Crippen LogP contribution is 2.30. The standard InChI is InChI=1S/C14H15BrN2O/c15-13-4-1-3-12(9-13)14(18)17(8-2-7-16)10-11-5-6-11/h1,3-4,9,11H,2,5-6,8,10H2. The summed E-state index contributed by atoms with van der Waals surface area (Å²) in [4.78, 5) is 14.2. The van der Waals surface area contributed by atoms with Crippen molar-refractivity contribution >= 4 is 21.8 Å². The van der Waals surface area contributed by atoms with Crippen molar-refractivity contribution in [2.75, 3.05) is 13.1 Å². The molecule has 4 heteroatoms. The van der Waals surface area contributed by atoms with Crippen molar-refractivity contribution in [2.24, 2.45) is 5.92 Å². The van der Waals surface area contributed by atoms with Crippen LogP contribution in [0.25, 0.3) is 0 Å². The first kappa shape index (κ1) is 13.1. The van der Waals surface area contributed by atoms with Gasteiger partial charge in [0.25, 0.3) is 5.91 Å². The Kier molecular flexibility index (Phi) is 4.38. The highest BCUT2D eigenvalue weighted by molar-refractivity contribution is 9.10. The van der Waals surface area contributed by atoms with Gasteiger partial charge in [-0.2, -0.15) is 5.26 Å². The van der Waals surface area contributed by atoms with Crippen LogP contribution in [0.3, 0.4) is 0 Å². The molecule has 0 atom stereocenters. The first-order chi connectivity index (χ1) is 8.70. The lowest BCUT2D eigenvalue weighted by Crippen LogP contribution is -2.33. The molecule has 0 unspecified atom stereocenters. The molecule has 0 radical (unpaired) electrons. The molecule has 0 heterocycles. The smallest absolute Gasteiger partial charge is 0.253 e. The number of hydrogen-bond acceptors (Lipinski definition) is 2. The fourth-order valence-corrected chi connectivity index (χ4v) is 2.28. The van der Waals surface area contributed by atoms with Crippen LogP contribution in [-0.2, 0) is 0 Å². The maximum Gasteiger partial charge on any atom is 0.253 e. The third-order valence-corrected chi connectivity index (χ3v) is 3.52. The zero-order valence-electron chi connectivity index (χ0n) is 10.1. The van der Waals surface area contributed by atoms with Gasteiger partial charge in [-0.1, -0.05) is 22.0 Å².